The van der Waals surface area contributed by atoms with E-state index in [0.29, 0.717) is 0 Å². The van der Waals surface area contributed by atoms with Crippen molar-refractivity contribution in [2.45, 2.75) is 13.0 Å². The number of hydrogen-bond donors (Lipinski definition) is 2. The first-order valence-electron chi connectivity index (χ1n) is 7.16. The van der Waals surface area contributed by atoms with E-state index in [1.165, 1.54) is 6.92 Å². The van der Waals surface area contributed by atoms with Crippen LogP contribution in [0.2, 0.25) is 0 Å². The number of urea groups is 1. The Balaban J connectivity index is 1.84. The van der Waals surface area contributed by atoms with Crippen molar-refractivity contribution in [2.75, 3.05) is 18.0 Å². The third-order valence-electron chi connectivity index (χ3n) is 3.46. The van der Waals surface area contributed by atoms with Gasteiger partial charge in [-0.3, -0.25) is 4.90 Å². The maximum Gasteiger partial charge on any atom is 0.414 e. The van der Waals surface area contributed by atoms with Gasteiger partial charge in [0.15, 0.2) is 5.82 Å². The highest BCUT2D eigenvalue weighted by molar-refractivity contribution is 5.90. The Morgan fingerprint density at radius 1 is 1.44 bits per heavy atom. The number of ether oxygens (including phenoxy) is 1. The number of anilines is 1. The number of amides is 3. The number of rotatable bonds is 4. The van der Waals surface area contributed by atoms with E-state index in [2.05, 4.69) is 15.5 Å². The number of cyclic esters (lactones) is 1. The first-order chi connectivity index (χ1) is 11.8. The molecule has 0 bridgehead atoms. The first-order valence-corrected chi connectivity index (χ1v) is 7.16. The molecule has 1 aliphatic rings. The number of halogens is 2. The van der Waals surface area contributed by atoms with E-state index < -0.39 is 35.4 Å². The van der Waals surface area contributed by atoms with Crippen molar-refractivity contribution in [3.63, 3.8) is 0 Å². The highest BCUT2D eigenvalue weighted by atomic mass is 19.1. The van der Waals surface area contributed by atoms with Crippen molar-refractivity contribution in [2.24, 2.45) is 5.73 Å². The van der Waals surface area contributed by atoms with Gasteiger partial charge in [-0.15, -0.1) is 0 Å². The van der Waals surface area contributed by atoms with Crippen LogP contribution in [0, 0.1) is 18.6 Å². The number of carbonyl (C=O) groups excluding carboxylic acids is 2. The van der Waals surface area contributed by atoms with E-state index in [1.807, 2.05) is 0 Å². The molecule has 1 aliphatic heterocycles. The van der Waals surface area contributed by atoms with Crippen molar-refractivity contribution in [1.82, 2.24) is 15.5 Å². The molecule has 11 heteroatoms. The number of nitrogens with one attached hydrogen (secondary N) is 1. The second kappa shape index (κ2) is 6.34. The van der Waals surface area contributed by atoms with Crippen LogP contribution >= 0.6 is 0 Å². The predicted molar refractivity (Wildman–Crippen MR) is 79.6 cm³/mol. The van der Waals surface area contributed by atoms with Gasteiger partial charge in [0, 0.05) is 0 Å². The third kappa shape index (κ3) is 3.34. The van der Waals surface area contributed by atoms with E-state index in [0.717, 1.165) is 17.0 Å². The Bertz CT molecular complexity index is 817. The smallest absolute Gasteiger partial charge is 0.414 e. The molecule has 3 N–H and O–H groups in total. The molecule has 9 nitrogen and oxygen atoms in total. The zero-order chi connectivity index (χ0) is 18.1. The fourth-order valence-corrected chi connectivity index (χ4v) is 2.37. The summed E-state index contributed by atoms with van der Waals surface area (Å²) < 4.78 is 38.4. The average Bonchev–Trinajstić information content (AvgIpc) is 3.10. The maximum absolute atomic E-state index is 14.3. The minimum absolute atomic E-state index is 0.00297. The van der Waals surface area contributed by atoms with Crippen molar-refractivity contribution >= 4 is 17.8 Å². The fourth-order valence-electron chi connectivity index (χ4n) is 2.37. The molecule has 1 aromatic carbocycles. The van der Waals surface area contributed by atoms with Gasteiger partial charge in [0.2, 0.25) is 0 Å². The molecule has 3 amide bonds. The summed E-state index contributed by atoms with van der Waals surface area (Å²) in [6.07, 6.45) is -1.49. The number of hydrogen-bond acceptors (Lipinski definition) is 6. The summed E-state index contributed by atoms with van der Waals surface area (Å²) in [6, 6.07) is 1.15. The molecular formula is C14H13F2N5O4. The lowest BCUT2D eigenvalue weighted by Gasteiger charge is -2.14. The molecule has 1 atom stereocenters. The molecular weight excluding hydrogens is 340 g/mol. The van der Waals surface area contributed by atoms with E-state index in [-0.39, 0.29) is 30.5 Å². The molecule has 2 aromatic rings. The molecule has 3 rings (SSSR count). The normalized spacial score (nSPS) is 16.8. The van der Waals surface area contributed by atoms with Gasteiger partial charge in [0.25, 0.3) is 5.89 Å². The molecule has 132 valence electrons. The minimum Gasteiger partial charge on any atom is -0.442 e. The lowest BCUT2D eigenvalue weighted by Crippen LogP contribution is -2.37. The SMILES string of the molecule is Cc1noc(-c2c(F)cc(N3CC(CNC(N)=O)OC3=O)cc2F)n1. The van der Waals surface area contributed by atoms with Crippen molar-refractivity contribution in [3.05, 3.63) is 29.6 Å². The number of nitrogens with zero attached hydrogens (tertiary/aromatic N) is 3. The van der Waals surface area contributed by atoms with Crippen LogP contribution in [0.4, 0.5) is 24.1 Å². The van der Waals surface area contributed by atoms with Crippen molar-refractivity contribution in [1.29, 1.82) is 0 Å². The summed E-state index contributed by atoms with van der Waals surface area (Å²) in [5.41, 5.74) is 4.42. The Labute approximate surface area is 139 Å². The Hall–Kier alpha value is -3.24. The van der Waals surface area contributed by atoms with Crippen LogP contribution in [-0.4, -0.2) is 41.5 Å². The van der Waals surface area contributed by atoms with Gasteiger partial charge in [-0.2, -0.15) is 4.98 Å². The van der Waals surface area contributed by atoms with Crippen LogP contribution < -0.4 is 16.0 Å². The van der Waals surface area contributed by atoms with Crippen LogP contribution in [0.25, 0.3) is 11.5 Å². The van der Waals surface area contributed by atoms with E-state index in [1.54, 1.807) is 0 Å². The number of aromatic nitrogens is 2. The average molecular weight is 353 g/mol. The zero-order valence-electron chi connectivity index (χ0n) is 13.0. The highest BCUT2D eigenvalue weighted by Gasteiger charge is 2.33. The molecule has 0 aliphatic carbocycles. The molecule has 0 radical (unpaired) electrons. The molecule has 1 saturated heterocycles. The predicted octanol–water partition coefficient (Wildman–Crippen LogP) is 1.32. The number of primary amides is 1. The van der Waals surface area contributed by atoms with Crippen molar-refractivity contribution < 1.29 is 27.6 Å². The summed E-state index contributed by atoms with van der Waals surface area (Å²) in [7, 11) is 0. The van der Waals surface area contributed by atoms with E-state index in [9.17, 15) is 18.4 Å². The van der Waals surface area contributed by atoms with Crippen LogP contribution in [-0.2, 0) is 4.74 Å². The number of carbonyl (C=O) groups is 2. The summed E-state index contributed by atoms with van der Waals surface area (Å²) >= 11 is 0. The number of nitrogens with two attached hydrogens (primary N) is 1. The van der Waals surface area contributed by atoms with Gasteiger partial charge in [0.1, 0.15) is 23.3 Å². The van der Waals surface area contributed by atoms with Gasteiger partial charge in [-0.25, -0.2) is 18.4 Å². The molecule has 0 saturated carbocycles. The molecule has 1 unspecified atom stereocenters. The third-order valence-corrected chi connectivity index (χ3v) is 3.46. The van der Waals surface area contributed by atoms with E-state index in [4.69, 9.17) is 15.0 Å². The quantitative estimate of drug-likeness (QED) is 0.854. The Kier molecular flexibility index (Phi) is 4.21. The van der Waals surface area contributed by atoms with Crippen LogP contribution in [0.3, 0.4) is 0 Å². The Morgan fingerprint density at radius 3 is 2.68 bits per heavy atom. The Morgan fingerprint density at radius 2 is 2.12 bits per heavy atom. The van der Waals surface area contributed by atoms with Gasteiger partial charge in [-0.1, -0.05) is 5.16 Å². The van der Waals surface area contributed by atoms with Gasteiger partial charge < -0.3 is 20.3 Å². The van der Waals surface area contributed by atoms with E-state index >= 15 is 0 Å². The van der Waals surface area contributed by atoms with Crippen LogP contribution in [0.15, 0.2) is 16.7 Å². The largest absolute Gasteiger partial charge is 0.442 e. The molecule has 1 fully saturated rings. The number of aryl methyl sites for hydroxylation is 1. The summed E-state index contributed by atoms with van der Waals surface area (Å²) in [5.74, 6) is -2.01. The zero-order valence-corrected chi connectivity index (χ0v) is 13.0. The summed E-state index contributed by atoms with van der Waals surface area (Å²) in [6.45, 7) is 1.50. The maximum atomic E-state index is 14.3. The number of benzene rings is 1. The van der Waals surface area contributed by atoms with Crippen LogP contribution in [0.5, 0.6) is 0 Å². The fraction of sp³-hybridized carbons (Fsp3) is 0.286. The molecule has 25 heavy (non-hydrogen) atoms. The summed E-state index contributed by atoms with van der Waals surface area (Å²) in [5, 5.41) is 5.78. The second-order valence-corrected chi connectivity index (χ2v) is 5.29. The van der Waals surface area contributed by atoms with Crippen molar-refractivity contribution in [3.8, 4) is 11.5 Å². The van der Waals surface area contributed by atoms with Gasteiger partial charge >= 0.3 is 12.1 Å². The minimum atomic E-state index is -0.967. The second-order valence-electron chi connectivity index (χ2n) is 5.29. The monoisotopic (exact) mass is 353 g/mol. The van der Waals surface area contributed by atoms with Gasteiger partial charge in [-0.05, 0) is 19.1 Å². The molecule has 0 spiro atoms. The highest BCUT2D eigenvalue weighted by Crippen LogP contribution is 2.31. The summed E-state index contributed by atoms with van der Waals surface area (Å²) in [4.78, 5) is 27.4. The standard InChI is InChI=1S/C14H13F2N5O4/c1-6-19-12(25-20-6)11-9(15)2-7(3-10(11)16)21-5-8(24-14(21)23)4-18-13(17)22/h2-3,8H,4-5H2,1H3,(H3,17,18,22). The molecule has 1 aromatic heterocycles. The van der Waals surface area contributed by atoms with Crippen LogP contribution in [0.1, 0.15) is 5.82 Å². The molecule has 2 heterocycles. The van der Waals surface area contributed by atoms with Gasteiger partial charge in [0.05, 0.1) is 18.8 Å². The first kappa shape index (κ1) is 16.6. The lowest BCUT2D eigenvalue weighted by atomic mass is 10.1. The lowest BCUT2D eigenvalue weighted by molar-refractivity contribution is 0.141. The topological polar surface area (TPSA) is 124 Å².